The molecule has 64 valence electrons. The molecule has 0 bridgehead atoms. The molecule has 0 aromatic heterocycles. The first kappa shape index (κ1) is 8.59. The topological polar surface area (TPSA) is 52.8 Å². The van der Waals surface area contributed by atoms with Gasteiger partial charge in [-0.1, -0.05) is 11.2 Å². The highest BCUT2D eigenvalue weighted by molar-refractivity contribution is 5.83. The van der Waals surface area contributed by atoms with Crippen LogP contribution in [0, 0.1) is 13.8 Å². The first-order chi connectivity index (χ1) is 5.65. The van der Waals surface area contributed by atoms with Crippen molar-refractivity contribution in [3.8, 4) is 5.75 Å². The van der Waals surface area contributed by atoms with Crippen molar-refractivity contribution in [3.05, 3.63) is 28.8 Å². The number of oxime groups is 1. The monoisotopic (exact) mass is 165 g/mol. The Bertz CT molecular complexity index is 319. The van der Waals surface area contributed by atoms with Crippen molar-refractivity contribution in [1.82, 2.24) is 0 Å². The van der Waals surface area contributed by atoms with Crippen molar-refractivity contribution in [2.24, 2.45) is 5.16 Å². The molecule has 0 amide bonds. The predicted octanol–water partition coefficient (Wildman–Crippen LogP) is 1.82. The quantitative estimate of drug-likeness (QED) is 0.379. The van der Waals surface area contributed by atoms with Crippen molar-refractivity contribution in [3.63, 3.8) is 0 Å². The average Bonchev–Trinajstić information content (AvgIpc) is 2.00. The lowest BCUT2D eigenvalue weighted by atomic mass is 10.1. The fourth-order valence-corrected chi connectivity index (χ4v) is 1.15. The van der Waals surface area contributed by atoms with Crippen LogP contribution >= 0.6 is 0 Å². The number of nitrogens with zero attached hydrogens (tertiary/aromatic N) is 1. The molecule has 0 radical (unpaired) electrons. The van der Waals surface area contributed by atoms with Gasteiger partial charge in [0.1, 0.15) is 5.75 Å². The molecule has 0 aliphatic carbocycles. The molecule has 0 aliphatic heterocycles. The maximum atomic E-state index is 9.45. The maximum Gasteiger partial charge on any atom is 0.127 e. The summed E-state index contributed by atoms with van der Waals surface area (Å²) in [5, 5.41) is 20.6. The number of hydrogen-bond acceptors (Lipinski definition) is 3. The lowest BCUT2D eigenvalue weighted by Crippen LogP contribution is -1.87. The molecule has 0 saturated heterocycles. The van der Waals surface area contributed by atoms with Gasteiger partial charge in [0, 0.05) is 5.56 Å². The molecule has 1 rings (SSSR count). The van der Waals surface area contributed by atoms with Gasteiger partial charge in [0.05, 0.1) is 6.21 Å². The fraction of sp³-hybridized carbons (Fsp3) is 0.222. The summed E-state index contributed by atoms with van der Waals surface area (Å²) in [6.07, 6.45) is 1.22. The molecule has 12 heavy (non-hydrogen) atoms. The standard InChI is InChI=1S/C9H11NO2/c1-6-3-7(2)9(11)8(4-6)5-10-12/h3-5,11-12H,1-2H3/b10-5+. The van der Waals surface area contributed by atoms with Crippen molar-refractivity contribution in [1.29, 1.82) is 0 Å². The van der Waals surface area contributed by atoms with Crippen LogP contribution < -0.4 is 0 Å². The van der Waals surface area contributed by atoms with Crippen LogP contribution in [0.5, 0.6) is 5.75 Å². The van der Waals surface area contributed by atoms with Gasteiger partial charge in [-0.25, -0.2) is 0 Å². The Balaban J connectivity index is 3.27. The number of rotatable bonds is 1. The Labute approximate surface area is 71.0 Å². The fourth-order valence-electron chi connectivity index (χ4n) is 1.15. The lowest BCUT2D eigenvalue weighted by molar-refractivity contribution is 0.321. The number of phenols is 1. The molecule has 1 aromatic rings. The molecule has 3 heteroatoms. The van der Waals surface area contributed by atoms with Gasteiger partial charge in [-0.2, -0.15) is 0 Å². The zero-order chi connectivity index (χ0) is 9.14. The van der Waals surface area contributed by atoms with Crippen LogP contribution in [0.3, 0.4) is 0 Å². The average molecular weight is 165 g/mol. The largest absolute Gasteiger partial charge is 0.507 e. The highest BCUT2D eigenvalue weighted by atomic mass is 16.4. The third kappa shape index (κ3) is 1.56. The second-order valence-corrected chi connectivity index (χ2v) is 2.76. The molecule has 0 spiro atoms. The maximum absolute atomic E-state index is 9.45. The van der Waals surface area contributed by atoms with Gasteiger partial charge in [0.25, 0.3) is 0 Å². The highest BCUT2D eigenvalue weighted by Crippen LogP contribution is 2.21. The zero-order valence-corrected chi connectivity index (χ0v) is 7.07. The SMILES string of the molecule is Cc1cc(C)c(O)c(/C=N/O)c1. The molecular formula is C9H11NO2. The van der Waals surface area contributed by atoms with E-state index in [1.807, 2.05) is 13.0 Å². The second-order valence-electron chi connectivity index (χ2n) is 2.76. The number of benzene rings is 1. The van der Waals surface area contributed by atoms with E-state index in [1.54, 1.807) is 13.0 Å². The van der Waals surface area contributed by atoms with Crippen LogP contribution in [-0.2, 0) is 0 Å². The third-order valence-corrected chi connectivity index (χ3v) is 1.67. The Kier molecular flexibility index (Phi) is 2.33. The van der Waals surface area contributed by atoms with Gasteiger partial charge in [-0.15, -0.1) is 0 Å². The summed E-state index contributed by atoms with van der Waals surface area (Å²) in [5.41, 5.74) is 2.35. The van der Waals surface area contributed by atoms with E-state index in [-0.39, 0.29) is 5.75 Å². The summed E-state index contributed by atoms with van der Waals surface area (Å²) in [5.74, 6) is 0.165. The first-order valence-corrected chi connectivity index (χ1v) is 3.63. The van der Waals surface area contributed by atoms with Gasteiger partial charge in [0.15, 0.2) is 0 Å². The van der Waals surface area contributed by atoms with Crippen molar-refractivity contribution in [2.45, 2.75) is 13.8 Å². The first-order valence-electron chi connectivity index (χ1n) is 3.63. The number of hydrogen-bond donors (Lipinski definition) is 2. The minimum Gasteiger partial charge on any atom is -0.507 e. The van der Waals surface area contributed by atoms with E-state index in [2.05, 4.69) is 5.16 Å². The number of aromatic hydroxyl groups is 1. The minimum atomic E-state index is 0.165. The van der Waals surface area contributed by atoms with E-state index in [0.717, 1.165) is 11.1 Å². The molecule has 0 fully saturated rings. The molecule has 0 atom stereocenters. The Morgan fingerprint density at radius 2 is 2.00 bits per heavy atom. The van der Waals surface area contributed by atoms with Gasteiger partial charge in [-0.05, 0) is 31.0 Å². The van der Waals surface area contributed by atoms with E-state index in [9.17, 15) is 5.11 Å². The molecule has 3 nitrogen and oxygen atoms in total. The van der Waals surface area contributed by atoms with E-state index >= 15 is 0 Å². The van der Waals surface area contributed by atoms with E-state index < -0.39 is 0 Å². The van der Waals surface area contributed by atoms with Gasteiger partial charge < -0.3 is 10.3 Å². The third-order valence-electron chi connectivity index (χ3n) is 1.67. The van der Waals surface area contributed by atoms with Crippen LogP contribution in [0.15, 0.2) is 17.3 Å². The minimum absolute atomic E-state index is 0.165. The van der Waals surface area contributed by atoms with Gasteiger partial charge in [0.2, 0.25) is 0 Å². The van der Waals surface area contributed by atoms with Crippen LogP contribution in [0.1, 0.15) is 16.7 Å². The normalized spacial score (nSPS) is 10.8. The van der Waals surface area contributed by atoms with Crippen LogP contribution in [0.4, 0.5) is 0 Å². The molecule has 0 saturated carbocycles. The van der Waals surface area contributed by atoms with Gasteiger partial charge >= 0.3 is 0 Å². The molecule has 0 aliphatic rings. The van der Waals surface area contributed by atoms with Crippen molar-refractivity contribution >= 4 is 6.21 Å². The molecule has 0 heterocycles. The lowest BCUT2D eigenvalue weighted by Gasteiger charge is -2.03. The summed E-state index contributed by atoms with van der Waals surface area (Å²) in [7, 11) is 0. The summed E-state index contributed by atoms with van der Waals surface area (Å²) < 4.78 is 0. The summed E-state index contributed by atoms with van der Waals surface area (Å²) in [6, 6.07) is 3.62. The summed E-state index contributed by atoms with van der Waals surface area (Å²) >= 11 is 0. The van der Waals surface area contributed by atoms with Crippen LogP contribution in [0.2, 0.25) is 0 Å². The van der Waals surface area contributed by atoms with Crippen molar-refractivity contribution in [2.75, 3.05) is 0 Å². The second kappa shape index (κ2) is 3.26. The van der Waals surface area contributed by atoms with Crippen LogP contribution in [-0.4, -0.2) is 16.5 Å². The van der Waals surface area contributed by atoms with E-state index in [1.165, 1.54) is 6.21 Å². The van der Waals surface area contributed by atoms with E-state index in [0.29, 0.717) is 5.56 Å². The van der Waals surface area contributed by atoms with E-state index in [4.69, 9.17) is 5.21 Å². The Morgan fingerprint density at radius 1 is 1.33 bits per heavy atom. The predicted molar refractivity (Wildman–Crippen MR) is 47.0 cm³/mol. The van der Waals surface area contributed by atoms with Crippen LogP contribution in [0.25, 0.3) is 0 Å². The Morgan fingerprint density at radius 3 is 2.58 bits per heavy atom. The number of phenolic OH excluding ortho intramolecular Hbond substituents is 1. The highest BCUT2D eigenvalue weighted by Gasteiger charge is 2.02. The summed E-state index contributed by atoms with van der Waals surface area (Å²) in [6.45, 7) is 3.72. The molecule has 2 N–H and O–H groups in total. The molecule has 1 aromatic carbocycles. The summed E-state index contributed by atoms with van der Waals surface area (Å²) in [4.78, 5) is 0. The zero-order valence-electron chi connectivity index (χ0n) is 7.07. The Hall–Kier alpha value is -1.51. The van der Waals surface area contributed by atoms with Gasteiger partial charge in [-0.3, -0.25) is 0 Å². The van der Waals surface area contributed by atoms with Crippen molar-refractivity contribution < 1.29 is 10.3 Å². The smallest absolute Gasteiger partial charge is 0.127 e. The molecular weight excluding hydrogens is 154 g/mol. The molecule has 0 unspecified atom stereocenters. The number of aryl methyl sites for hydroxylation is 2.